The van der Waals surface area contributed by atoms with Gasteiger partial charge in [-0.05, 0) is 19.8 Å². The number of carbonyl (C=O) groups is 2. The van der Waals surface area contributed by atoms with E-state index in [-0.39, 0.29) is 32.2 Å². The molecule has 2 atom stereocenters. The van der Waals surface area contributed by atoms with Gasteiger partial charge >= 0.3 is 19.8 Å². The minimum Gasteiger partial charge on any atom is -0.462 e. The molecule has 0 aromatic heterocycles. The molecule has 57 heavy (non-hydrogen) atoms. The lowest BCUT2D eigenvalue weighted by atomic mass is 10.0. The quantitative estimate of drug-likeness (QED) is 0.0367. The summed E-state index contributed by atoms with van der Waals surface area (Å²) < 4.78 is 32.8. The van der Waals surface area contributed by atoms with Gasteiger partial charge in [-0.1, -0.05) is 239 Å². The molecule has 1 N–H and O–H groups in total. The van der Waals surface area contributed by atoms with Crippen molar-refractivity contribution in [2.24, 2.45) is 0 Å². The Balaban J connectivity index is 3.93. The van der Waals surface area contributed by atoms with Crippen LogP contribution in [0.2, 0.25) is 0 Å². The fourth-order valence-corrected chi connectivity index (χ4v) is 8.27. The summed E-state index contributed by atoms with van der Waals surface area (Å²) in [6, 6.07) is 0. The monoisotopic (exact) mass is 831 g/mol. The number of carbonyl (C=O) groups excluding carboxylic acids is 2. The van der Waals surface area contributed by atoms with Crippen LogP contribution in [0.25, 0.3) is 0 Å². The number of rotatable bonds is 47. The number of esters is 2. The molecule has 0 rings (SSSR count). The molecule has 9 heteroatoms. The Bertz CT molecular complexity index is 900. The molecule has 0 saturated carbocycles. The first-order chi connectivity index (χ1) is 27.8. The second-order valence-electron chi connectivity index (χ2n) is 16.9. The smallest absolute Gasteiger partial charge is 0.462 e. The molecule has 0 aliphatic heterocycles. The minimum atomic E-state index is -4.28. The minimum absolute atomic E-state index is 0.00595. The summed E-state index contributed by atoms with van der Waals surface area (Å²) in [6.07, 6.45) is 47.3. The van der Waals surface area contributed by atoms with Crippen LogP contribution in [0.5, 0.6) is 0 Å². The van der Waals surface area contributed by atoms with E-state index in [2.05, 4.69) is 13.8 Å². The second-order valence-corrected chi connectivity index (χ2v) is 18.3. The maximum absolute atomic E-state index is 12.6. The van der Waals surface area contributed by atoms with Crippen molar-refractivity contribution in [3.05, 3.63) is 0 Å². The summed E-state index contributed by atoms with van der Waals surface area (Å²) in [5, 5.41) is 0. The molecule has 0 bridgehead atoms. The van der Waals surface area contributed by atoms with Crippen molar-refractivity contribution in [1.82, 2.24) is 0 Å². The van der Waals surface area contributed by atoms with Gasteiger partial charge in [-0.3, -0.25) is 18.6 Å². The van der Waals surface area contributed by atoms with Crippen LogP contribution >= 0.6 is 7.82 Å². The van der Waals surface area contributed by atoms with Crippen molar-refractivity contribution in [1.29, 1.82) is 0 Å². The topological polar surface area (TPSA) is 108 Å². The van der Waals surface area contributed by atoms with Gasteiger partial charge in [-0.25, -0.2) is 4.57 Å². The number of phosphoric acid groups is 1. The van der Waals surface area contributed by atoms with Crippen LogP contribution in [-0.4, -0.2) is 42.8 Å². The van der Waals surface area contributed by atoms with E-state index in [1.54, 1.807) is 6.92 Å². The van der Waals surface area contributed by atoms with E-state index < -0.39 is 19.9 Å². The molecule has 340 valence electrons. The summed E-state index contributed by atoms with van der Waals surface area (Å²) >= 11 is 0. The number of phosphoric ester groups is 1. The number of ether oxygens (including phenoxy) is 2. The molecule has 0 spiro atoms. The van der Waals surface area contributed by atoms with E-state index in [1.807, 2.05) is 0 Å². The molecular formula is C48H95O8P. The van der Waals surface area contributed by atoms with Crippen LogP contribution in [0.4, 0.5) is 0 Å². The van der Waals surface area contributed by atoms with Gasteiger partial charge in [-0.15, -0.1) is 0 Å². The average molecular weight is 831 g/mol. The van der Waals surface area contributed by atoms with Crippen molar-refractivity contribution in [2.45, 2.75) is 277 Å². The van der Waals surface area contributed by atoms with E-state index in [4.69, 9.17) is 18.5 Å². The maximum atomic E-state index is 12.6. The van der Waals surface area contributed by atoms with Gasteiger partial charge < -0.3 is 14.4 Å². The Hall–Kier alpha value is -0.950. The summed E-state index contributed by atoms with van der Waals surface area (Å²) in [5.74, 6) is -0.776. The van der Waals surface area contributed by atoms with E-state index in [9.17, 15) is 19.0 Å². The SMILES string of the molecule is CCCCCCCCCCCCCCCCCCCCCCCC(=O)OC(COC(=O)CCCCCCCCCCCCCCCCCC)COP(=O)(O)OCC. The molecule has 0 aromatic rings. The molecule has 0 amide bonds. The van der Waals surface area contributed by atoms with Crippen LogP contribution < -0.4 is 0 Å². The van der Waals surface area contributed by atoms with Crippen molar-refractivity contribution in [2.75, 3.05) is 19.8 Å². The van der Waals surface area contributed by atoms with E-state index >= 15 is 0 Å². The molecule has 0 saturated heterocycles. The van der Waals surface area contributed by atoms with Crippen LogP contribution in [-0.2, 0) is 32.7 Å². The standard InChI is InChI=1S/C48H95O8P/c1-4-7-9-11-13-15-17-19-21-23-24-25-26-27-29-31-33-35-37-39-41-43-48(50)56-46(45-55-57(51,52)54-6-3)44-53-47(49)42-40-38-36-34-32-30-28-22-20-18-16-14-12-10-8-5-2/h46H,4-45H2,1-3H3,(H,51,52). The second kappa shape index (κ2) is 44.6. The molecule has 0 aliphatic carbocycles. The predicted molar refractivity (Wildman–Crippen MR) is 240 cm³/mol. The summed E-state index contributed by atoms with van der Waals surface area (Å²) in [5.41, 5.74) is 0. The number of unbranched alkanes of at least 4 members (excludes halogenated alkanes) is 35. The third kappa shape index (κ3) is 44.4. The Kier molecular flexibility index (Phi) is 43.9. The van der Waals surface area contributed by atoms with Gasteiger partial charge in [0.05, 0.1) is 13.2 Å². The average Bonchev–Trinajstić information content (AvgIpc) is 3.19. The zero-order valence-electron chi connectivity index (χ0n) is 38.0. The highest BCUT2D eigenvalue weighted by atomic mass is 31.2. The lowest BCUT2D eigenvalue weighted by molar-refractivity contribution is -0.161. The molecule has 0 aromatic carbocycles. The van der Waals surface area contributed by atoms with Gasteiger partial charge in [0.2, 0.25) is 0 Å². The Morgan fingerprint density at radius 1 is 0.404 bits per heavy atom. The lowest BCUT2D eigenvalue weighted by Gasteiger charge is -2.19. The Labute approximate surface area is 353 Å². The number of hydrogen-bond donors (Lipinski definition) is 1. The van der Waals surface area contributed by atoms with Gasteiger partial charge in [0.15, 0.2) is 6.10 Å². The van der Waals surface area contributed by atoms with Gasteiger partial charge in [-0.2, -0.15) is 0 Å². The molecular weight excluding hydrogens is 735 g/mol. The van der Waals surface area contributed by atoms with Crippen LogP contribution in [0.3, 0.4) is 0 Å². The molecule has 0 heterocycles. The maximum Gasteiger partial charge on any atom is 0.472 e. The highest BCUT2D eigenvalue weighted by Gasteiger charge is 2.25. The zero-order valence-corrected chi connectivity index (χ0v) is 38.9. The highest BCUT2D eigenvalue weighted by Crippen LogP contribution is 2.43. The Morgan fingerprint density at radius 3 is 0.982 bits per heavy atom. The molecule has 0 aliphatic rings. The van der Waals surface area contributed by atoms with Crippen molar-refractivity contribution >= 4 is 19.8 Å². The van der Waals surface area contributed by atoms with Crippen molar-refractivity contribution in [3.63, 3.8) is 0 Å². The van der Waals surface area contributed by atoms with Gasteiger partial charge in [0, 0.05) is 12.8 Å². The summed E-state index contributed by atoms with van der Waals surface area (Å²) in [7, 11) is -4.28. The Morgan fingerprint density at radius 2 is 0.684 bits per heavy atom. The lowest BCUT2D eigenvalue weighted by Crippen LogP contribution is -2.29. The van der Waals surface area contributed by atoms with E-state index in [0.29, 0.717) is 6.42 Å². The first-order valence-corrected chi connectivity index (χ1v) is 26.3. The fraction of sp³-hybridized carbons (Fsp3) is 0.958. The van der Waals surface area contributed by atoms with Gasteiger partial charge in [0.1, 0.15) is 6.61 Å². The van der Waals surface area contributed by atoms with Crippen LogP contribution in [0, 0.1) is 0 Å². The number of hydrogen-bond acceptors (Lipinski definition) is 7. The van der Waals surface area contributed by atoms with Crippen molar-refractivity contribution in [3.8, 4) is 0 Å². The predicted octanol–water partition coefficient (Wildman–Crippen LogP) is 15.8. The zero-order chi connectivity index (χ0) is 41.8. The first kappa shape index (κ1) is 56.0. The molecule has 0 radical (unpaired) electrons. The molecule has 8 nitrogen and oxygen atoms in total. The normalized spacial score (nSPS) is 13.1. The summed E-state index contributed by atoms with van der Waals surface area (Å²) in [6.45, 7) is 5.55. The van der Waals surface area contributed by atoms with E-state index in [0.717, 1.165) is 38.5 Å². The first-order valence-electron chi connectivity index (χ1n) is 24.8. The van der Waals surface area contributed by atoms with E-state index in [1.165, 1.54) is 199 Å². The fourth-order valence-electron chi connectivity index (χ4n) is 7.52. The third-order valence-corrected chi connectivity index (χ3v) is 12.2. The van der Waals surface area contributed by atoms with Gasteiger partial charge in [0.25, 0.3) is 0 Å². The van der Waals surface area contributed by atoms with Crippen LogP contribution in [0.1, 0.15) is 271 Å². The molecule has 2 unspecified atom stereocenters. The van der Waals surface area contributed by atoms with Crippen LogP contribution in [0.15, 0.2) is 0 Å². The third-order valence-electron chi connectivity index (χ3n) is 11.2. The highest BCUT2D eigenvalue weighted by molar-refractivity contribution is 7.47. The molecule has 0 fully saturated rings. The largest absolute Gasteiger partial charge is 0.472 e. The summed E-state index contributed by atoms with van der Waals surface area (Å²) in [4.78, 5) is 34.9. The van der Waals surface area contributed by atoms with Crippen molar-refractivity contribution < 1.29 is 37.6 Å².